The summed E-state index contributed by atoms with van der Waals surface area (Å²) in [5.74, 6) is 0. The van der Waals surface area contributed by atoms with E-state index in [1.165, 1.54) is 54.0 Å². The standard InChI is InChI=1S/C29H29.3ClH.Ti/c1-20-9-6-12-25(17-20)29(26-13-7-10-21(2)18-26,27-14-8-11-22(3)19-27)28-23(4)15-16-24(28)5;;;;/h6-14,17-19H,15H2,1-5H3;3*1H;/q;;;;+3/p-3. The Bertz CT molecular complexity index is 1080. The van der Waals surface area contributed by atoms with Crippen LogP contribution in [0.25, 0.3) is 0 Å². The molecule has 0 aliphatic heterocycles. The van der Waals surface area contributed by atoms with Crippen molar-refractivity contribution in [2.45, 2.75) is 46.5 Å². The van der Waals surface area contributed by atoms with Crippen LogP contribution in [0.5, 0.6) is 0 Å². The smallest absolute Gasteiger partial charge is 1.00 e. The molecule has 0 saturated carbocycles. The first kappa shape index (κ1) is 29.8. The molecule has 4 rings (SSSR count). The van der Waals surface area contributed by atoms with Gasteiger partial charge in [0, 0.05) is 0 Å². The molecule has 0 radical (unpaired) electrons. The molecule has 1 aliphatic carbocycles. The van der Waals surface area contributed by atoms with E-state index in [0.29, 0.717) is 0 Å². The molecule has 0 aromatic heterocycles. The predicted molar refractivity (Wildman–Crippen MR) is 123 cm³/mol. The second kappa shape index (κ2) is 11.9. The fraction of sp³-hybridized carbons (Fsp3) is 0.241. The number of hydrogen-bond acceptors (Lipinski definition) is 0. The van der Waals surface area contributed by atoms with Crippen LogP contribution in [-0.2, 0) is 25.9 Å². The molecule has 0 nitrogen and oxygen atoms in total. The largest absolute Gasteiger partial charge is 1.00 e. The van der Waals surface area contributed by atoms with Crippen LogP contribution >= 0.6 is 0 Å². The Morgan fingerprint density at radius 1 is 0.606 bits per heavy atom. The van der Waals surface area contributed by atoms with E-state index in [0.717, 1.165) is 6.42 Å². The minimum Gasteiger partial charge on any atom is -1.00 e. The number of allylic oxidation sites excluding steroid dienone is 4. The molecule has 0 spiro atoms. The van der Waals surface area contributed by atoms with Crippen LogP contribution in [0.15, 0.2) is 93.4 Å². The monoisotopic (exact) mass is 530 g/mol. The van der Waals surface area contributed by atoms with Crippen molar-refractivity contribution < 1.29 is 57.7 Å². The first-order chi connectivity index (χ1) is 14.3. The van der Waals surface area contributed by atoms with E-state index < -0.39 is 0 Å². The van der Waals surface area contributed by atoms with Gasteiger partial charge in [0.05, 0.1) is 0 Å². The number of halogens is 3. The summed E-state index contributed by atoms with van der Waals surface area (Å²) in [7, 11) is 0. The molecular formula is C29H29Cl3Ti. The molecule has 33 heavy (non-hydrogen) atoms. The molecule has 0 amide bonds. The van der Waals surface area contributed by atoms with E-state index in [2.05, 4.69) is 128 Å². The van der Waals surface area contributed by atoms with Gasteiger partial charge in [0.2, 0.25) is 0 Å². The van der Waals surface area contributed by atoms with Crippen molar-refractivity contribution in [3.05, 3.63) is 127 Å². The normalized spacial score (nSPS) is 13.3. The van der Waals surface area contributed by atoms with E-state index in [1.807, 2.05) is 0 Å². The third-order valence-corrected chi connectivity index (χ3v) is 7.29. The van der Waals surface area contributed by atoms with E-state index in [4.69, 9.17) is 0 Å². The molecule has 0 N–H and O–H groups in total. The molecule has 1 aliphatic rings. The van der Waals surface area contributed by atoms with Gasteiger partial charge in [-0.2, -0.15) is 0 Å². The molecule has 0 bridgehead atoms. The number of benzene rings is 3. The molecule has 0 unspecified atom stereocenters. The van der Waals surface area contributed by atoms with Gasteiger partial charge in [0.15, 0.2) is 0 Å². The summed E-state index contributed by atoms with van der Waals surface area (Å²) < 4.78 is 1.49. The van der Waals surface area contributed by atoms with Crippen LogP contribution in [0.1, 0.15) is 53.6 Å². The van der Waals surface area contributed by atoms with E-state index in [1.54, 1.807) is 0 Å². The van der Waals surface area contributed by atoms with Crippen molar-refractivity contribution in [1.29, 1.82) is 0 Å². The van der Waals surface area contributed by atoms with Crippen LogP contribution < -0.4 is 37.2 Å². The van der Waals surface area contributed by atoms with Gasteiger partial charge in [0.1, 0.15) is 0 Å². The quantitative estimate of drug-likeness (QED) is 0.284. The molecule has 0 atom stereocenters. The van der Waals surface area contributed by atoms with E-state index in [9.17, 15) is 0 Å². The molecule has 3 aromatic carbocycles. The number of hydrogen-bond donors (Lipinski definition) is 0. The molecule has 3 aromatic rings. The number of rotatable bonds is 4. The Labute approximate surface area is 229 Å². The summed E-state index contributed by atoms with van der Waals surface area (Å²) >= 11 is 2.29. The maximum absolute atomic E-state index is 2.38. The average molecular weight is 532 g/mol. The van der Waals surface area contributed by atoms with Gasteiger partial charge in [-0.25, -0.2) is 0 Å². The summed E-state index contributed by atoms with van der Waals surface area (Å²) in [6, 6.07) is 27.3. The van der Waals surface area contributed by atoms with Gasteiger partial charge in [-0.15, -0.1) is 0 Å². The minimum atomic E-state index is -0.323. The summed E-state index contributed by atoms with van der Waals surface area (Å²) in [5, 5.41) is 0. The van der Waals surface area contributed by atoms with Gasteiger partial charge >= 0.3 is 194 Å². The Kier molecular flexibility index (Phi) is 10.7. The Hall–Kier alpha value is -1.28. The van der Waals surface area contributed by atoms with Gasteiger partial charge < -0.3 is 37.2 Å². The Morgan fingerprint density at radius 2 is 0.970 bits per heavy atom. The minimum absolute atomic E-state index is 0. The second-order valence-electron chi connectivity index (χ2n) is 8.79. The predicted octanol–water partition coefficient (Wildman–Crippen LogP) is -1.50. The first-order valence-electron chi connectivity index (χ1n) is 10.7. The topological polar surface area (TPSA) is 0 Å². The maximum Gasteiger partial charge on any atom is -1.00 e. The third kappa shape index (κ3) is 5.37. The van der Waals surface area contributed by atoms with Crippen molar-refractivity contribution in [3.63, 3.8) is 0 Å². The zero-order valence-electron chi connectivity index (χ0n) is 19.8. The Morgan fingerprint density at radius 3 is 1.24 bits per heavy atom. The zero-order chi connectivity index (χ0) is 21.5. The van der Waals surface area contributed by atoms with Crippen LogP contribution in [0, 0.1) is 20.8 Å². The van der Waals surface area contributed by atoms with Crippen LogP contribution in [-0.4, -0.2) is 0 Å². The molecule has 0 saturated heterocycles. The van der Waals surface area contributed by atoms with Crippen LogP contribution in [0.4, 0.5) is 0 Å². The summed E-state index contributed by atoms with van der Waals surface area (Å²) in [6.07, 6.45) is 1.06. The Balaban J connectivity index is 0.00000181. The maximum atomic E-state index is 2.38. The molecule has 0 fully saturated rings. The van der Waals surface area contributed by atoms with E-state index >= 15 is 0 Å². The third-order valence-electron chi connectivity index (χ3n) is 6.42. The fourth-order valence-electron chi connectivity index (χ4n) is 5.13. The summed E-state index contributed by atoms with van der Waals surface area (Å²) in [6.45, 7) is 11.2. The van der Waals surface area contributed by atoms with Crippen LogP contribution in [0.2, 0.25) is 0 Å². The summed E-state index contributed by atoms with van der Waals surface area (Å²) in [5.41, 5.74) is 12.0. The zero-order valence-corrected chi connectivity index (χ0v) is 23.6. The SMILES string of the molecule is CC1=C(C(c2cccc(C)c2)(c2cccc(C)c2)c2cccc(C)c2)C(C)=[C]([Ti+3])C1.[Cl-].[Cl-].[Cl-]. The van der Waals surface area contributed by atoms with E-state index in [-0.39, 0.29) is 42.6 Å². The second-order valence-corrected chi connectivity index (χ2v) is 9.74. The summed E-state index contributed by atoms with van der Waals surface area (Å²) in [4.78, 5) is 0. The number of aryl methyl sites for hydroxylation is 3. The van der Waals surface area contributed by atoms with Crippen molar-refractivity contribution >= 4 is 0 Å². The van der Waals surface area contributed by atoms with Gasteiger partial charge in [-0.3, -0.25) is 0 Å². The average Bonchev–Trinajstić information content (AvgIpc) is 2.96. The van der Waals surface area contributed by atoms with Gasteiger partial charge in [0.25, 0.3) is 0 Å². The van der Waals surface area contributed by atoms with Gasteiger partial charge in [-0.05, 0) is 0 Å². The molecule has 4 heteroatoms. The van der Waals surface area contributed by atoms with Gasteiger partial charge in [-0.1, -0.05) is 0 Å². The molecule has 0 heterocycles. The van der Waals surface area contributed by atoms with Crippen molar-refractivity contribution in [3.8, 4) is 0 Å². The van der Waals surface area contributed by atoms with Crippen molar-refractivity contribution in [1.82, 2.24) is 0 Å². The van der Waals surface area contributed by atoms with Crippen molar-refractivity contribution in [2.24, 2.45) is 0 Å². The molecule has 170 valence electrons. The fourth-order valence-corrected chi connectivity index (χ4v) is 5.74. The molecular weight excluding hydrogens is 503 g/mol. The first-order valence-corrected chi connectivity index (χ1v) is 11.5. The van der Waals surface area contributed by atoms with Crippen LogP contribution in [0.3, 0.4) is 0 Å². The van der Waals surface area contributed by atoms with Crippen molar-refractivity contribution in [2.75, 3.05) is 0 Å².